The van der Waals surface area contributed by atoms with Crippen LogP contribution in [0.1, 0.15) is 39.0 Å². The number of rotatable bonds is 6. The van der Waals surface area contributed by atoms with Crippen molar-refractivity contribution in [1.29, 1.82) is 0 Å². The first-order valence-corrected chi connectivity index (χ1v) is 7.92. The third kappa shape index (κ3) is 4.96. The highest BCUT2D eigenvalue weighted by Gasteiger charge is 2.22. The van der Waals surface area contributed by atoms with E-state index in [0.29, 0.717) is 37.9 Å². The number of carbonyl (C=O) groups is 2. The van der Waals surface area contributed by atoms with E-state index in [2.05, 4.69) is 22.9 Å². The van der Waals surface area contributed by atoms with Crippen LogP contribution in [0.2, 0.25) is 0 Å². The number of halogens is 1. The lowest BCUT2D eigenvalue weighted by Crippen LogP contribution is -2.50. The molecule has 0 aliphatic carbocycles. The van der Waals surface area contributed by atoms with Gasteiger partial charge in [-0.3, -0.25) is 9.59 Å². The molecule has 0 atom stereocenters. The Hall–Kier alpha value is -0.580. The van der Waals surface area contributed by atoms with Crippen LogP contribution in [-0.4, -0.2) is 53.1 Å². The molecule has 1 aliphatic rings. The van der Waals surface area contributed by atoms with Crippen molar-refractivity contribution in [2.45, 2.75) is 39.0 Å². The fourth-order valence-corrected chi connectivity index (χ4v) is 2.51. The van der Waals surface area contributed by atoms with Crippen molar-refractivity contribution in [3.05, 3.63) is 0 Å². The number of amides is 2. The zero-order valence-corrected chi connectivity index (χ0v) is 12.7. The summed E-state index contributed by atoms with van der Waals surface area (Å²) in [6.07, 6.45) is 5.20. The van der Waals surface area contributed by atoms with Crippen LogP contribution in [-0.2, 0) is 9.59 Å². The van der Waals surface area contributed by atoms with Gasteiger partial charge in [-0.05, 0) is 6.42 Å². The van der Waals surface area contributed by atoms with Crippen molar-refractivity contribution in [3.8, 4) is 0 Å². The summed E-state index contributed by atoms with van der Waals surface area (Å²) in [5.74, 6) is 0.363. The first kappa shape index (κ1) is 15.5. The molecule has 1 fully saturated rings. The van der Waals surface area contributed by atoms with Gasteiger partial charge in [0, 0.05) is 32.6 Å². The Bertz CT molecular complexity index is 276. The van der Waals surface area contributed by atoms with E-state index in [0.717, 1.165) is 12.8 Å². The van der Waals surface area contributed by atoms with Gasteiger partial charge in [-0.1, -0.05) is 42.1 Å². The van der Waals surface area contributed by atoms with Gasteiger partial charge in [0.2, 0.25) is 11.8 Å². The Morgan fingerprint density at radius 1 is 0.944 bits per heavy atom. The van der Waals surface area contributed by atoms with Crippen LogP contribution < -0.4 is 0 Å². The van der Waals surface area contributed by atoms with Crippen molar-refractivity contribution in [2.24, 2.45) is 0 Å². The monoisotopic (exact) mass is 318 g/mol. The van der Waals surface area contributed by atoms with Crippen molar-refractivity contribution < 1.29 is 9.59 Å². The second-order valence-electron chi connectivity index (χ2n) is 4.71. The van der Waals surface area contributed by atoms with E-state index in [1.807, 2.05) is 9.80 Å². The summed E-state index contributed by atoms with van der Waals surface area (Å²) >= 11 is 3.17. The van der Waals surface area contributed by atoms with Crippen LogP contribution in [0.15, 0.2) is 0 Å². The topological polar surface area (TPSA) is 40.6 Å². The van der Waals surface area contributed by atoms with Crippen molar-refractivity contribution in [3.63, 3.8) is 0 Å². The molecule has 0 N–H and O–H groups in total. The van der Waals surface area contributed by atoms with Crippen LogP contribution in [0.4, 0.5) is 0 Å². The number of hydrogen-bond donors (Lipinski definition) is 0. The number of unbranched alkanes of at least 4 members (excludes halogenated alkanes) is 3. The van der Waals surface area contributed by atoms with E-state index in [4.69, 9.17) is 0 Å². The summed E-state index contributed by atoms with van der Waals surface area (Å²) in [6, 6.07) is 0. The maximum absolute atomic E-state index is 11.9. The number of carbonyl (C=O) groups excluding carboxylic acids is 2. The van der Waals surface area contributed by atoms with Crippen LogP contribution in [0.25, 0.3) is 0 Å². The van der Waals surface area contributed by atoms with Crippen LogP contribution in [0.5, 0.6) is 0 Å². The van der Waals surface area contributed by atoms with E-state index in [9.17, 15) is 9.59 Å². The smallest absolute Gasteiger partial charge is 0.233 e. The molecule has 1 rings (SSSR count). The Labute approximate surface area is 118 Å². The number of piperazine rings is 1. The van der Waals surface area contributed by atoms with E-state index >= 15 is 0 Å². The molecular weight excluding hydrogens is 296 g/mol. The van der Waals surface area contributed by atoms with Gasteiger partial charge in [0.15, 0.2) is 0 Å². The Balaban J connectivity index is 2.21. The molecule has 0 bridgehead atoms. The van der Waals surface area contributed by atoms with Crippen LogP contribution in [0, 0.1) is 0 Å². The quantitative estimate of drug-likeness (QED) is 0.555. The molecule has 0 aromatic carbocycles. The van der Waals surface area contributed by atoms with Gasteiger partial charge < -0.3 is 9.80 Å². The molecule has 0 saturated carbocycles. The molecular formula is C13H23BrN2O2. The lowest BCUT2D eigenvalue weighted by Gasteiger charge is -2.34. The molecule has 0 aromatic rings. The summed E-state index contributed by atoms with van der Waals surface area (Å²) in [7, 11) is 0. The average Bonchev–Trinajstić information content (AvgIpc) is 2.42. The van der Waals surface area contributed by atoms with Crippen molar-refractivity contribution in [1.82, 2.24) is 9.80 Å². The van der Waals surface area contributed by atoms with Gasteiger partial charge in [0.05, 0.1) is 5.33 Å². The van der Waals surface area contributed by atoms with Gasteiger partial charge in [-0.15, -0.1) is 0 Å². The standard InChI is InChI=1S/C13H23BrN2O2/c1-2-3-4-5-6-12(17)15-7-9-16(10-8-15)13(18)11-14/h2-11H2,1H3. The second-order valence-corrected chi connectivity index (χ2v) is 5.27. The molecule has 104 valence electrons. The van der Waals surface area contributed by atoms with Crippen LogP contribution >= 0.6 is 15.9 Å². The second kappa shape index (κ2) is 8.51. The Kier molecular flexibility index (Phi) is 7.32. The molecule has 1 saturated heterocycles. The molecule has 4 nitrogen and oxygen atoms in total. The highest BCUT2D eigenvalue weighted by Crippen LogP contribution is 2.09. The highest BCUT2D eigenvalue weighted by molar-refractivity contribution is 9.09. The third-order valence-corrected chi connectivity index (χ3v) is 3.82. The zero-order chi connectivity index (χ0) is 13.4. The van der Waals surface area contributed by atoms with Crippen LogP contribution in [0.3, 0.4) is 0 Å². The summed E-state index contributed by atoms with van der Waals surface area (Å²) in [6.45, 7) is 4.88. The van der Waals surface area contributed by atoms with Crippen molar-refractivity contribution in [2.75, 3.05) is 31.5 Å². The predicted molar refractivity (Wildman–Crippen MR) is 75.7 cm³/mol. The normalized spacial score (nSPS) is 15.9. The molecule has 5 heteroatoms. The first-order chi connectivity index (χ1) is 8.69. The molecule has 0 aromatic heterocycles. The average molecular weight is 319 g/mol. The summed E-state index contributed by atoms with van der Waals surface area (Å²) in [4.78, 5) is 27.1. The summed E-state index contributed by atoms with van der Waals surface area (Å²) < 4.78 is 0. The number of alkyl halides is 1. The van der Waals surface area contributed by atoms with Gasteiger partial charge >= 0.3 is 0 Å². The zero-order valence-electron chi connectivity index (χ0n) is 11.2. The SMILES string of the molecule is CCCCCCC(=O)N1CCN(C(=O)CBr)CC1. The van der Waals surface area contributed by atoms with E-state index in [1.54, 1.807) is 0 Å². The predicted octanol–water partition coefficient (Wildman–Crippen LogP) is 2.02. The largest absolute Gasteiger partial charge is 0.339 e. The lowest BCUT2D eigenvalue weighted by atomic mass is 10.1. The molecule has 1 heterocycles. The van der Waals surface area contributed by atoms with E-state index in [-0.39, 0.29) is 11.8 Å². The van der Waals surface area contributed by atoms with Gasteiger partial charge in [-0.2, -0.15) is 0 Å². The molecule has 1 aliphatic heterocycles. The fourth-order valence-electron chi connectivity index (χ4n) is 2.15. The van der Waals surface area contributed by atoms with Gasteiger partial charge in [0.25, 0.3) is 0 Å². The maximum Gasteiger partial charge on any atom is 0.233 e. The minimum absolute atomic E-state index is 0.116. The molecule has 0 radical (unpaired) electrons. The van der Waals surface area contributed by atoms with Gasteiger partial charge in [0.1, 0.15) is 0 Å². The molecule has 18 heavy (non-hydrogen) atoms. The number of hydrogen-bond acceptors (Lipinski definition) is 2. The van der Waals surface area contributed by atoms with E-state index in [1.165, 1.54) is 12.8 Å². The minimum atomic E-state index is 0.116. The highest BCUT2D eigenvalue weighted by atomic mass is 79.9. The molecule has 0 unspecified atom stereocenters. The summed E-state index contributed by atoms with van der Waals surface area (Å²) in [5.41, 5.74) is 0. The first-order valence-electron chi connectivity index (χ1n) is 6.80. The Morgan fingerprint density at radius 2 is 1.50 bits per heavy atom. The molecule has 0 spiro atoms. The minimum Gasteiger partial charge on any atom is -0.339 e. The fraction of sp³-hybridized carbons (Fsp3) is 0.846. The number of nitrogens with zero attached hydrogens (tertiary/aromatic N) is 2. The Morgan fingerprint density at radius 3 is 2.00 bits per heavy atom. The van der Waals surface area contributed by atoms with Gasteiger partial charge in [-0.25, -0.2) is 0 Å². The lowest BCUT2D eigenvalue weighted by molar-refractivity contribution is -0.138. The van der Waals surface area contributed by atoms with E-state index < -0.39 is 0 Å². The molecule has 2 amide bonds. The summed E-state index contributed by atoms with van der Waals surface area (Å²) in [5, 5.41) is 0.373. The maximum atomic E-state index is 11.9. The third-order valence-electron chi connectivity index (χ3n) is 3.34. The van der Waals surface area contributed by atoms with Crippen molar-refractivity contribution >= 4 is 27.7 Å².